The van der Waals surface area contributed by atoms with Crippen LogP contribution in [-0.2, 0) is 6.42 Å². The molecule has 1 aliphatic rings. The summed E-state index contributed by atoms with van der Waals surface area (Å²) in [6, 6.07) is 9.03. The summed E-state index contributed by atoms with van der Waals surface area (Å²) in [5.74, 6) is 0.802. The first-order valence-corrected chi connectivity index (χ1v) is 6.49. The van der Waals surface area contributed by atoms with Crippen LogP contribution >= 0.6 is 0 Å². The van der Waals surface area contributed by atoms with Gasteiger partial charge in [0.2, 0.25) is 0 Å². The van der Waals surface area contributed by atoms with Gasteiger partial charge in [-0.1, -0.05) is 12.1 Å². The Balaban J connectivity index is 2.03. The summed E-state index contributed by atoms with van der Waals surface area (Å²) in [6.45, 7) is 4.01. The molecule has 2 aromatic rings. The molecule has 0 atom stereocenters. The standard InChI is InChI=1S/C16H15NO3/c1-16(2)8-11-4-3-10(7-13(11)15(19)17-16)14-6-5-12(9-18)20-14/h3-7,9H,8H2,1-2H3,(H,17,19). The van der Waals surface area contributed by atoms with Gasteiger partial charge < -0.3 is 9.73 Å². The zero-order valence-electron chi connectivity index (χ0n) is 11.4. The fourth-order valence-corrected chi connectivity index (χ4v) is 2.56. The van der Waals surface area contributed by atoms with Crippen LogP contribution in [0.2, 0.25) is 0 Å². The number of hydrogen-bond donors (Lipinski definition) is 1. The van der Waals surface area contributed by atoms with Crippen molar-refractivity contribution in [1.82, 2.24) is 5.32 Å². The van der Waals surface area contributed by atoms with E-state index in [1.54, 1.807) is 12.1 Å². The van der Waals surface area contributed by atoms with Gasteiger partial charge in [-0.2, -0.15) is 0 Å². The van der Waals surface area contributed by atoms with Gasteiger partial charge in [0.25, 0.3) is 5.91 Å². The molecule has 0 fully saturated rings. The molecule has 1 aromatic carbocycles. The van der Waals surface area contributed by atoms with Gasteiger partial charge in [0.15, 0.2) is 12.0 Å². The maximum absolute atomic E-state index is 12.1. The van der Waals surface area contributed by atoms with Gasteiger partial charge in [-0.15, -0.1) is 0 Å². The molecule has 4 nitrogen and oxygen atoms in total. The Hall–Kier alpha value is -2.36. The molecule has 20 heavy (non-hydrogen) atoms. The highest BCUT2D eigenvalue weighted by atomic mass is 16.3. The number of fused-ring (bicyclic) bond motifs is 1. The van der Waals surface area contributed by atoms with Crippen molar-refractivity contribution >= 4 is 12.2 Å². The first-order chi connectivity index (χ1) is 9.48. The molecule has 0 saturated carbocycles. The van der Waals surface area contributed by atoms with Crippen LogP contribution in [0.1, 0.15) is 40.3 Å². The van der Waals surface area contributed by atoms with Crippen molar-refractivity contribution in [2.75, 3.05) is 0 Å². The Bertz CT molecular complexity index is 697. The van der Waals surface area contributed by atoms with Gasteiger partial charge in [-0.3, -0.25) is 9.59 Å². The molecule has 2 heterocycles. The van der Waals surface area contributed by atoms with Crippen molar-refractivity contribution in [3.05, 3.63) is 47.2 Å². The highest BCUT2D eigenvalue weighted by Crippen LogP contribution is 2.28. The minimum atomic E-state index is -0.221. The molecule has 0 spiro atoms. The summed E-state index contributed by atoms with van der Waals surface area (Å²) < 4.78 is 5.39. The van der Waals surface area contributed by atoms with E-state index >= 15 is 0 Å². The Labute approximate surface area is 116 Å². The largest absolute Gasteiger partial charge is 0.453 e. The van der Waals surface area contributed by atoms with E-state index in [2.05, 4.69) is 5.32 Å². The third-order valence-corrected chi connectivity index (χ3v) is 3.47. The van der Waals surface area contributed by atoms with Crippen LogP contribution in [0.5, 0.6) is 0 Å². The van der Waals surface area contributed by atoms with Crippen LogP contribution in [0.4, 0.5) is 0 Å². The highest BCUT2D eigenvalue weighted by Gasteiger charge is 2.30. The van der Waals surface area contributed by atoms with E-state index in [9.17, 15) is 9.59 Å². The molecule has 0 radical (unpaired) electrons. The summed E-state index contributed by atoms with van der Waals surface area (Å²) in [5.41, 5.74) is 2.28. The molecule has 0 bridgehead atoms. The van der Waals surface area contributed by atoms with Crippen molar-refractivity contribution in [2.45, 2.75) is 25.8 Å². The van der Waals surface area contributed by atoms with Gasteiger partial charge in [0.05, 0.1) is 0 Å². The maximum Gasteiger partial charge on any atom is 0.252 e. The molecule has 1 aliphatic heterocycles. The fourth-order valence-electron chi connectivity index (χ4n) is 2.56. The molecule has 102 valence electrons. The van der Waals surface area contributed by atoms with Crippen molar-refractivity contribution in [3.8, 4) is 11.3 Å². The molecular weight excluding hydrogens is 254 g/mol. The van der Waals surface area contributed by atoms with Crippen LogP contribution in [0.3, 0.4) is 0 Å². The topological polar surface area (TPSA) is 59.3 Å². The Morgan fingerprint density at radius 1 is 1.25 bits per heavy atom. The molecule has 3 rings (SSSR count). The lowest BCUT2D eigenvalue weighted by Gasteiger charge is -2.32. The predicted molar refractivity (Wildman–Crippen MR) is 74.8 cm³/mol. The first kappa shape index (κ1) is 12.7. The van der Waals surface area contributed by atoms with E-state index < -0.39 is 0 Å². The summed E-state index contributed by atoms with van der Waals surface area (Å²) in [6.07, 6.45) is 1.46. The monoisotopic (exact) mass is 269 g/mol. The Morgan fingerprint density at radius 2 is 2.05 bits per heavy atom. The van der Waals surface area contributed by atoms with Crippen LogP contribution in [0, 0.1) is 0 Å². The number of amides is 1. The smallest absolute Gasteiger partial charge is 0.252 e. The molecule has 1 aromatic heterocycles. The number of furan rings is 1. The number of nitrogens with one attached hydrogen (secondary N) is 1. The third kappa shape index (κ3) is 2.13. The van der Waals surface area contributed by atoms with Crippen molar-refractivity contribution < 1.29 is 14.0 Å². The second-order valence-corrected chi connectivity index (χ2v) is 5.71. The number of rotatable bonds is 2. The van der Waals surface area contributed by atoms with Crippen molar-refractivity contribution in [2.24, 2.45) is 0 Å². The molecule has 1 amide bonds. The van der Waals surface area contributed by atoms with Crippen LogP contribution in [-0.4, -0.2) is 17.7 Å². The van der Waals surface area contributed by atoms with E-state index in [-0.39, 0.29) is 17.2 Å². The summed E-state index contributed by atoms with van der Waals surface area (Å²) in [4.78, 5) is 22.8. The zero-order valence-corrected chi connectivity index (χ0v) is 11.4. The van der Waals surface area contributed by atoms with Crippen LogP contribution in [0.15, 0.2) is 34.7 Å². The number of benzene rings is 1. The number of aldehydes is 1. The maximum atomic E-state index is 12.1. The van der Waals surface area contributed by atoms with Gasteiger partial charge in [0, 0.05) is 16.7 Å². The van der Waals surface area contributed by atoms with E-state index in [1.165, 1.54) is 0 Å². The highest BCUT2D eigenvalue weighted by molar-refractivity contribution is 5.98. The van der Waals surface area contributed by atoms with E-state index in [1.807, 2.05) is 32.0 Å². The lowest BCUT2D eigenvalue weighted by molar-refractivity contribution is 0.0896. The quantitative estimate of drug-likeness (QED) is 0.853. The van der Waals surface area contributed by atoms with E-state index in [0.29, 0.717) is 17.6 Å². The second kappa shape index (κ2) is 4.34. The summed E-state index contributed by atoms with van der Waals surface area (Å²) in [5, 5.41) is 2.98. The lowest BCUT2D eigenvalue weighted by Crippen LogP contribution is -2.49. The van der Waals surface area contributed by atoms with E-state index in [4.69, 9.17) is 4.42 Å². The first-order valence-electron chi connectivity index (χ1n) is 6.49. The zero-order chi connectivity index (χ0) is 14.3. The average Bonchev–Trinajstić information content (AvgIpc) is 2.86. The molecular formula is C16H15NO3. The molecule has 4 heteroatoms. The van der Waals surface area contributed by atoms with Gasteiger partial charge in [-0.25, -0.2) is 0 Å². The molecule has 1 N–H and O–H groups in total. The minimum Gasteiger partial charge on any atom is -0.453 e. The SMILES string of the molecule is CC1(C)Cc2ccc(-c3ccc(C=O)o3)cc2C(=O)N1. The van der Waals surface area contributed by atoms with Gasteiger partial charge in [-0.05, 0) is 44.0 Å². The lowest BCUT2D eigenvalue weighted by atomic mass is 9.86. The van der Waals surface area contributed by atoms with Gasteiger partial charge in [0.1, 0.15) is 5.76 Å². The number of hydrogen-bond acceptors (Lipinski definition) is 3. The number of carbonyl (C=O) groups excluding carboxylic acids is 2. The van der Waals surface area contributed by atoms with Crippen molar-refractivity contribution in [1.29, 1.82) is 0 Å². The molecule has 0 saturated heterocycles. The fraction of sp³-hybridized carbons (Fsp3) is 0.250. The normalized spacial score (nSPS) is 16.4. The summed E-state index contributed by atoms with van der Waals surface area (Å²) in [7, 11) is 0. The van der Waals surface area contributed by atoms with Crippen molar-refractivity contribution in [3.63, 3.8) is 0 Å². The Kier molecular flexibility index (Phi) is 2.74. The molecule has 0 aliphatic carbocycles. The molecule has 0 unspecified atom stereocenters. The Morgan fingerprint density at radius 3 is 2.75 bits per heavy atom. The third-order valence-electron chi connectivity index (χ3n) is 3.47. The van der Waals surface area contributed by atoms with Crippen LogP contribution in [0.25, 0.3) is 11.3 Å². The summed E-state index contributed by atoms with van der Waals surface area (Å²) >= 11 is 0. The van der Waals surface area contributed by atoms with Crippen LogP contribution < -0.4 is 5.32 Å². The van der Waals surface area contributed by atoms with Gasteiger partial charge >= 0.3 is 0 Å². The predicted octanol–water partition coefficient (Wildman–Crippen LogP) is 2.82. The van der Waals surface area contributed by atoms with E-state index in [0.717, 1.165) is 17.5 Å². The second-order valence-electron chi connectivity index (χ2n) is 5.71. The average molecular weight is 269 g/mol. The minimum absolute atomic E-state index is 0.0692. The number of carbonyl (C=O) groups is 2.